The van der Waals surface area contributed by atoms with E-state index < -0.39 is 5.97 Å². The van der Waals surface area contributed by atoms with Gasteiger partial charge in [0.15, 0.2) is 6.61 Å². The smallest absolute Gasteiger partial charge is 0.341 e. The third-order valence-corrected chi connectivity index (χ3v) is 3.38. The van der Waals surface area contributed by atoms with E-state index in [1.807, 2.05) is 43.3 Å². The third-order valence-electron chi connectivity index (χ3n) is 3.38. The molecule has 0 bridgehead atoms. The lowest BCUT2D eigenvalue weighted by atomic mass is 10.2. The summed E-state index contributed by atoms with van der Waals surface area (Å²) in [7, 11) is 1.65. The van der Waals surface area contributed by atoms with Gasteiger partial charge in [0.1, 0.15) is 17.6 Å². The Hall–Kier alpha value is -2.73. The van der Waals surface area contributed by atoms with Crippen molar-refractivity contribution in [3.8, 4) is 11.5 Å². The zero-order valence-electron chi connectivity index (χ0n) is 14.4. The highest BCUT2D eigenvalue weighted by Gasteiger charge is 2.03. The largest absolute Gasteiger partial charge is 0.488 e. The van der Waals surface area contributed by atoms with Gasteiger partial charge in [-0.05, 0) is 48.9 Å². The second-order valence-electron chi connectivity index (χ2n) is 5.59. The first-order chi connectivity index (χ1) is 12.1. The second kappa shape index (κ2) is 9.54. The van der Waals surface area contributed by atoms with Gasteiger partial charge in [-0.2, -0.15) is 0 Å². The van der Waals surface area contributed by atoms with Crippen LogP contribution in [-0.2, 0) is 16.1 Å². The fourth-order valence-corrected chi connectivity index (χ4v) is 2.21. The van der Waals surface area contributed by atoms with E-state index in [0.717, 1.165) is 17.0 Å². The van der Waals surface area contributed by atoms with Crippen LogP contribution >= 0.6 is 0 Å². The Morgan fingerprint density at radius 2 is 1.72 bits per heavy atom. The molecule has 134 valence electrons. The average molecular weight is 345 g/mol. The molecule has 0 aliphatic heterocycles. The van der Waals surface area contributed by atoms with Crippen LogP contribution in [0.5, 0.6) is 11.5 Å². The highest BCUT2D eigenvalue weighted by Crippen LogP contribution is 2.18. The van der Waals surface area contributed by atoms with E-state index >= 15 is 0 Å². The number of benzene rings is 2. The molecule has 0 saturated heterocycles. The maximum Gasteiger partial charge on any atom is 0.341 e. The molecule has 6 heteroatoms. The first-order valence-electron chi connectivity index (χ1n) is 8.00. The van der Waals surface area contributed by atoms with Crippen LogP contribution in [0.3, 0.4) is 0 Å². The Labute approximate surface area is 147 Å². The number of hydrogen-bond acceptors (Lipinski definition) is 5. The standard InChI is InChI=1S/C19H23NO5/c1-14(12-23-2)25-18-7-3-15(4-8-18)11-20-16-5-9-17(10-6-16)24-13-19(21)22/h3-10,14,20H,11-13H2,1-2H3,(H,21,22). The van der Waals surface area contributed by atoms with Gasteiger partial charge in [0, 0.05) is 19.3 Å². The van der Waals surface area contributed by atoms with Crippen LogP contribution in [0.1, 0.15) is 12.5 Å². The van der Waals surface area contributed by atoms with Gasteiger partial charge in [0.2, 0.25) is 0 Å². The number of ether oxygens (including phenoxy) is 3. The minimum absolute atomic E-state index is 0.0100. The van der Waals surface area contributed by atoms with E-state index in [1.165, 1.54) is 0 Å². The normalized spacial score (nSPS) is 11.6. The van der Waals surface area contributed by atoms with Crippen LogP contribution in [0.15, 0.2) is 48.5 Å². The zero-order valence-corrected chi connectivity index (χ0v) is 14.4. The molecule has 0 radical (unpaired) electrons. The first kappa shape index (κ1) is 18.6. The molecular weight excluding hydrogens is 322 g/mol. The molecule has 2 aromatic rings. The van der Waals surface area contributed by atoms with Crippen molar-refractivity contribution in [2.24, 2.45) is 0 Å². The molecule has 1 unspecified atom stereocenters. The molecule has 0 spiro atoms. The molecule has 2 rings (SSSR count). The molecule has 0 fully saturated rings. The van der Waals surface area contributed by atoms with Gasteiger partial charge in [-0.1, -0.05) is 12.1 Å². The predicted octanol–water partition coefficient (Wildman–Crippen LogP) is 3.18. The summed E-state index contributed by atoms with van der Waals surface area (Å²) in [5.74, 6) is 0.346. The van der Waals surface area contributed by atoms with Gasteiger partial charge < -0.3 is 24.6 Å². The summed E-state index contributed by atoms with van der Waals surface area (Å²) in [4.78, 5) is 10.5. The van der Waals surface area contributed by atoms with Gasteiger partial charge >= 0.3 is 5.97 Å². The molecule has 6 nitrogen and oxygen atoms in total. The van der Waals surface area contributed by atoms with Crippen LogP contribution in [0.2, 0.25) is 0 Å². The number of anilines is 1. The summed E-state index contributed by atoms with van der Waals surface area (Å²) in [5, 5.41) is 11.9. The third kappa shape index (κ3) is 6.73. The second-order valence-corrected chi connectivity index (χ2v) is 5.59. The maximum absolute atomic E-state index is 10.5. The van der Waals surface area contributed by atoms with E-state index in [0.29, 0.717) is 18.9 Å². The van der Waals surface area contributed by atoms with Gasteiger partial charge in [0.05, 0.1) is 6.61 Å². The predicted molar refractivity (Wildman–Crippen MR) is 95.3 cm³/mol. The quantitative estimate of drug-likeness (QED) is 0.689. The lowest BCUT2D eigenvalue weighted by molar-refractivity contribution is -0.139. The Kier molecular flexibility index (Phi) is 7.10. The lowest BCUT2D eigenvalue weighted by Crippen LogP contribution is -2.17. The summed E-state index contributed by atoms with van der Waals surface area (Å²) in [6.45, 7) is 2.84. The molecule has 0 heterocycles. The Morgan fingerprint density at radius 1 is 1.08 bits per heavy atom. The van der Waals surface area contributed by atoms with Crippen molar-refractivity contribution in [1.29, 1.82) is 0 Å². The molecule has 0 aliphatic rings. The summed E-state index contributed by atoms with van der Waals surface area (Å²) in [5.41, 5.74) is 2.05. The van der Waals surface area contributed by atoms with Crippen LogP contribution < -0.4 is 14.8 Å². The van der Waals surface area contributed by atoms with Crippen LogP contribution in [0.4, 0.5) is 5.69 Å². The van der Waals surface area contributed by atoms with Crippen LogP contribution in [0, 0.1) is 0 Å². The molecule has 0 amide bonds. The number of carbonyl (C=O) groups is 1. The number of carboxylic acids is 1. The minimum atomic E-state index is -0.994. The van der Waals surface area contributed by atoms with Crippen molar-refractivity contribution in [1.82, 2.24) is 0 Å². The van der Waals surface area contributed by atoms with Crippen LogP contribution in [0.25, 0.3) is 0 Å². The molecule has 1 atom stereocenters. The first-order valence-corrected chi connectivity index (χ1v) is 8.00. The van der Waals surface area contributed by atoms with E-state index in [-0.39, 0.29) is 12.7 Å². The number of carboxylic acid groups (broad SMARTS) is 1. The van der Waals surface area contributed by atoms with Crippen molar-refractivity contribution in [3.05, 3.63) is 54.1 Å². The number of rotatable bonds is 10. The molecule has 0 saturated carbocycles. The van der Waals surface area contributed by atoms with Crippen LogP contribution in [-0.4, -0.2) is 37.5 Å². The number of aliphatic carboxylic acids is 1. The van der Waals surface area contributed by atoms with Gasteiger partial charge in [-0.25, -0.2) is 4.79 Å². The van der Waals surface area contributed by atoms with Gasteiger partial charge in [-0.15, -0.1) is 0 Å². The van der Waals surface area contributed by atoms with E-state index in [9.17, 15) is 4.79 Å². The number of methoxy groups -OCH3 is 1. The zero-order chi connectivity index (χ0) is 18.1. The van der Waals surface area contributed by atoms with Crippen molar-refractivity contribution in [2.45, 2.75) is 19.6 Å². The minimum Gasteiger partial charge on any atom is -0.488 e. The summed E-state index contributed by atoms with van der Waals surface area (Å²) in [6.07, 6.45) is 0.0100. The van der Waals surface area contributed by atoms with E-state index in [2.05, 4.69) is 5.32 Å². The fraction of sp³-hybridized carbons (Fsp3) is 0.316. The van der Waals surface area contributed by atoms with Crippen molar-refractivity contribution in [3.63, 3.8) is 0 Å². The van der Waals surface area contributed by atoms with Crippen molar-refractivity contribution < 1.29 is 24.1 Å². The van der Waals surface area contributed by atoms with E-state index in [1.54, 1.807) is 19.2 Å². The molecule has 2 aromatic carbocycles. The molecule has 2 N–H and O–H groups in total. The SMILES string of the molecule is COCC(C)Oc1ccc(CNc2ccc(OCC(=O)O)cc2)cc1. The fourth-order valence-electron chi connectivity index (χ4n) is 2.21. The Bertz CT molecular complexity index is 655. The van der Waals surface area contributed by atoms with Crippen molar-refractivity contribution in [2.75, 3.05) is 25.6 Å². The van der Waals surface area contributed by atoms with Gasteiger partial charge in [-0.3, -0.25) is 0 Å². The Morgan fingerprint density at radius 3 is 2.32 bits per heavy atom. The average Bonchev–Trinajstić information content (AvgIpc) is 2.60. The van der Waals surface area contributed by atoms with Crippen molar-refractivity contribution >= 4 is 11.7 Å². The highest BCUT2D eigenvalue weighted by molar-refractivity contribution is 5.68. The highest BCUT2D eigenvalue weighted by atomic mass is 16.5. The van der Waals surface area contributed by atoms with Gasteiger partial charge in [0.25, 0.3) is 0 Å². The summed E-state index contributed by atoms with van der Waals surface area (Å²) < 4.78 is 15.9. The Balaban J connectivity index is 1.81. The topological polar surface area (TPSA) is 77.0 Å². The number of hydrogen-bond donors (Lipinski definition) is 2. The molecule has 25 heavy (non-hydrogen) atoms. The lowest BCUT2D eigenvalue weighted by Gasteiger charge is -2.14. The number of nitrogens with one attached hydrogen (secondary N) is 1. The maximum atomic E-state index is 10.5. The van der Waals surface area contributed by atoms with E-state index in [4.69, 9.17) is 19.3 Å². The molecule has 0 aliphatic carbocycles. The molecule has 0 aromatic heterocycles. The molecular formula is C19H23NO5. The summed E-state index contributed by atoms with van der Waals surface area (Å²) >= 11 is 0. The summed E-state index contributed by atoms with van der Waals surface area (Å²) in [6, 6.07) is 15.1. The monoisotopic (exact) mass is 345 g/mol.